The van der Waals surface area contributed by atoms with Crippen LogP contribution in [0.2, 0.25) is 0 Å². The summed E-state index contributed by atoms with van der Waals surface area (Å²) in [5.74, 6) is 0.245. The number of methoxy groups -OCH3 is 1. The highest BCUT2D eigenvalue weighted by Crippen LogP contribution is 2.27. The van der Waals surface area contributed by atoms with E-state index in [0.717, 1.165) is 6.54 Å². The molecule has 1 atom stereocenters. The first-order chi connectivity index (χ1) is 10.4. The molecule has 2 rings (SSSR count). The summed E-state index contributed by atoms with van der Waals surface area (Å²) in [5.41, 5.74) is 8.59. The van der Waals surface area contributed by atoms with Crippen LogP contribution in [-0.4, -0.2) is 32.8 Å². The molecule has 0 fully saturated rings. The first-order valence-corrected chi connectivity index (χ1v) is 7.39. The van der Waals surface area contributed by atoms with E-state index in [2.05, 4.69) is 53.8 Å². The number of hydrogen-bond donors (Lipinski definition) is 2. The Morgan fingerprint density at radius 2 is 1.48 bits per heavy atom. The lowest BCUT2D eigenvalue weighted by Crippen LogP contribution is -2.42. The molecule has 0 radical (unpaired) electrons. The van der Waals surface area contributed by atoms with Crippen molar-refractivity contribution >= 4 is 0 Å². The largest absolute Gasteiger partial charge is 0.383 e. The number of ether oxygens (including phenoxy) is 1. The summed E-state index contributed by atoms with van der Waals surface area (Å²) in [5, 5.41) is 3.52. The van der Waals surface area contributed by atoms with Gasteiger partial charge in [0.15, 0.2) is 0 Å². The molecule has 0 amide bonds. The van der Waals surface area contributed by atoms with Gasteiger partial charge >= 0.3 is 0 Å². The number of nitrogens with two attached hydrogens (primary N) is 1. The summed E-state index contributed by atoms with van der Waals surface area (Å²) < 4.78 is 5.12. The standard InChI is InChI=1S/C18H24N2O/c1-21-13-12-20-17(14-19)18(15-8-4-2-5-9-15)16-10-6-3-7-11-16/h2-11,17-18,20H,12-14,19H2,1H3. The van der Waals surface area contributed by atoms with Crippen LogP contribution in [0.4, 0.5) is 0 Å². The van der Waals surface area contributed by atoms with E-state index in [9.17, 15) is 0 Å². The van der Waals surface area contributed by atoms with Crippen LogP contribution in [0.3, 0.4) is 0 Å². The van der Waals surface area contributed by atoms with E-state index < -0.39 is 0 Å². The second-order valence-corrected chi connectivity index (χ2v) is 5.09. The lowest BCUT2D eigenvalue weighted by molar-refractivity contribution is 0.195. The molecule has 0 spiro atoms. The van der Waals surface area contributed by atoms with E-state index >= 15 is 0 Å². The topological polar surface area (TPSA) is 47.3 Å². The molecule has 3 nitrogen and oxygen atoms in total. The number of benzene rings is 2. The fourth-order valence-electron chi connectivity index (χ4n) is 2.66. The van der Waals surface area contributed by atoms with Gasteiger partial charge in [-0.25, -0.2) is 0 Å². The Bertz CT molecular complexity index is 462. The van der Waals surface area contributed by atoms with Gasteiger partial charge in [-0.3, -0.25) is 0 Å². The first-order valence-electron chi connectivity index (χ1n) is 7.39. The molecule has 0 saturated carbocycles. The molecule has 21 heavy (non-hydrogen) atoms. The van der Waals surface area contributed by atoms with Crippen molar-refractivity contribution in [1.29, 1.82) is 0 Å². The van der Waals surface area contributed by atoms with Gasteiger partial charge in [0.05, 0.1) is 6.61 Å². The minimum absolute atomic E-state index is 0.185. The molecule has 0 aliphatic carbocycles. The van der Waals surface area contributed by atoms with E-state index in [0.29, 0.717) is 13.2 Å². The maximum atomic E-state index is 6.03. The Hall–Kier alpha value is -1.68. The molecule has 0 aliphatic rings. The van der Waals surface area contributed by atoms with Gasteiger partial charge in [-0.1, -0.05) is 60.7 Å². The van der Waals surface area contributed by atoms with E-state index in [1.807, 2.05) is 12.1 Å². The molecule has 3 N–H and O–H groups in total. The predicted molar refractivity (Wildman–Crippen MR) is 87.4 cm³/mol. The molecule has 0 heterocycles. The normalized spacial score (nSPS) is 12.5. The van der Waals surface area contributed by atoms with Crippen LogP contribution < -0.4 is 11.1 Å². The fraction of sp³-hybridized carbons (Fsp3) is 0.333. The second kappa shape index (κ2) is 8.57. The van der Waals surface area contributed by atoms with Gasteiger partial charge in [0.2, 0.25) is 0 Å². The molecular formula is C18H24N2O. The summed E-state index contributed by atoms with van der Waals surface area (Å²) in [4.78, 5) is 0. The van der Waals surface area contributed by atoms with Gasteiger partial charge in [0.1, 0.15) is 0 Å². The molecular weight excluding hydrogens is 260 g/mol. The lowest BCUT2D eigenvalue weighted by atomic mass is 9.85. The van der Waals surface area contributed by atoms with Crippen molar-refractivity contribution in [2.75, 3.05) is 26.8 Å². The second-order valence-electron chi connectivity index (χ2n) is 5.09. The van der Waals surface area contributed by atoms with Crippen molar-refractivity contribution in [2.24, 2.45) is 5.73 Å². The van der Waals surface area contributed by atoms with Crippen LogP contribution in [0.5, 0.6) is 0 Å². The molecule has 0 aromatic heterocycles. The average molecular weight is 284 g/mol. The molecule has 1 unspecified atom stereocenters. The summed E-state index contributed by atoms with van der Waals surface area (Å²) in [6.07, 6.45) is 0. The Morgan fingerprint density at radius 3 is 1.90 bits per heavy atom. The van der Waals surface area contributed by atoms with Crippen LogP contribution in [0.25, 0.3) is 0 Å². The van der Waals surface area contributed by atoms with Crippen LogP contribution in [-0.2, 0) is 4.74 Å². The van der Waals surface area contributed by atoms with Gasteiger partial charge < -0.3 is 15.8 Å². The van der Waals surface area contributed by atoms with Crippen LogP contribution in [0, 0.1) is 0 Å². The number of nitrogens with one attached hydrogen (secondary N) is 1. The predicted octanol–water partition coefficient (Wildman–Crippen LogP) is 2.38. The quantitative estimate of drug-likeness (QED) is 0.732. The summed E-state index contributed by atoms with van der Waals surface area (Å²) >= 11 is 0. The maximum Gasteiger partial charge on any atom is 0.0587 e. The fourth-order valence-corrected chi connectivity index (χ4v) is 2.66. The Morgan fingerprint density at radius 1 is 0.952 bits per heavy atom. The Labute approximate surface area is 127 Å². The molecule has 2 aromatic rings. The first kappa shape index (κ1) is 15.7. The number of hydrogen-bond acceptors (Lipinski definition) is 3. The molecule has 3 heteroatoms. The van der Waals surface area contributed by atoms with Crippen molar-refractivity contribution in [2.45, 2.75) is 12.0 Å². The molecule has 0 bridgehead atoms. The molecule has 0 saturated heterocycles. The molecule has 2 aromatic carbocycles. The lowest BCUT2D eigenvalue weighted by Gasteiger charge is -2.28. The van der Waals surface area contributed by atoms with Gasteiger partial charge in [-0.15, -0.1) is 0 Å². The van der Waals surface area contributed by atoms with Crippen LogP contribution in [0.15, 0.2) is 60.7 Å². The number of rotatable bonds is 8. The zero-order valence-corrected chi connectivity index (χ0v) is 12.5. The van der Waals surface area contributed by atoms with Crippen molar-refractivity contribution in [3.05, 3.63) is 71.8 Å². The zero-order valence-electron chi connectivity index (χ0n) is 12.5. The summed E-state index contributed by atoms with van der Waals surface area (Å²) in [7, 11) is 1.71. The van der Waals surface area contributed by atoms with Crippen LogP contribution >= 0.6 is 0 Å². The highest BCUT2D eigenvalue weighted by Gasteiger charge is 2.23. The Kier molecular flexibility index (Phi) is 6.41. The highest BCUT2D eigenvalue weighted by atomic mass is 16.5. The Balaban J connectivity index is 2.27. The van der Waals surface area contributed by atoms with Gasteiger partial charge in [0.25, 0.3) is 0 Å². The molecule has 112 valence electrons. The van der Waals surface area contributed by atoms with E-state index in [-0.39, 0.29) is 12.0 Å². The van der Waals surface area contributed by atoms with E-state index in [1.165, 1.54) is 11.1 Å². The van der Waals surface area contributed by atoms with E-state index in [1.54, 1.807) is 7.11 Å². The van der Waals surface area contributed by atoms with Crippen molar-refractivity contribution < 1.29 is 4.74 Å². The van der Waals surface area contributed by atoms with E-state index in [4.69, 9.17) is 10.5 Å². The third-order valence-electron chi connectivity index (χ3n) is 3.69. The third kappa shape index (κ3) is 4.39. The monoisotopic (exact) mass is 284 g/mol. The van der Waals surface area contributed by atoms with Crippen molar-refractivity contribution in [3.8, 4) is 0 Å². The van der Waals surface area contributed by atoms with Gasteiger partial charge in [-0.2, -0.15) is 0 Å². The minimum atomic E-state index is 0.185. The van der Waals surface area contributed by atoms with Crippen LogP contribution in [0.1, 0.15) is 17.0 Å². The van der Waals surface area contributed by atoms with Gasteiger partial charge in [-0.05, 0) is 11.1 Å². The third-order valence-corrected chi connectivity index (χ3v) is 3.69. The summed E-state index contributed by atoms with van der Waals surface area (Å²) in [6, 6.07) is 21.2. The molecule has 0 aliphatic heterocycles. The smallest absolute Gasteiger partial charge is 0.0587 e. The van der Waals surface area contributed by atoms with Crippen molar-refractivity contribution in [3.63, 3.8) is 0 Å². The maximum absolute atomic E-state index is 6.03. The van der Waals surface area contributed by atoms with Crippen molar-refractivity contribution in [1.82, 2.24) is 5.32 Å². The summed E-state index contributed by atoms with van der Waals surface area (Å²) in [6.45, 7) is 2.07. The SMILES string of the molecule is COCCNC(CN)C(c1ccccc1)c1ccccc1. The highest BCUT2D eigenvalue weighted by molar-refractivity contribution is 5.34. The zero-order chi connectivity index (χ0) is 14.9. The van der Waals surface area contributed by atoms with Gasteiger partial charge in [0, 0.05) is 32.2 Å². The average Bonchev–Trinajstić information content (AvgIpc) is 2.56. The minimum Gasteiger partial charge on any atom is -0.383 e.